The van der Waals surface area contributed by atoms with Gasteiger partial charge in [0, 0.05) is 17.4 Å². The number of nitrogens with zero attached hydrogens (tertiary/aromatic N) is 2. The highest BCUT2D eigenvalue weighted by Crippen LogP contribution is 2.29. The molecule has 1 aromatic carbocycles. The van der Waals surface area contributed by atoms with E-state index in [0.717, 1.165) is 39.4 Å². The quantitative estimate of drug-likeness (QED) is 0.654. The lowest BCUT2D eigenvalue weighted by Gasteiger charge is -2.07. The van der Waals surface area contributed by atoms with Gasteiger partial charge in [-0.1, -0.05) is 6.07 Å². The molecule has 96 valence electrons. The van der Waals surface area contributed by atoms with Crippen molar-refractivity contribution < 1.29 is 0 Å². The van der Waals surface area contributed by atoms with Crippen LogP contribution in [0.4, 0.5) is 5.69 Å². The maximum absolute atomic E-state index is 6.16. The SMILES string of the molecule is Cc1cc(C)c(N)c(-c2nc3nccc(C)c3[nH]2)c1. The van der Waals surface area contributed by atoms with Crippen LogP contribution in [0.15, 0.2) is 24.4 Å². The van der Waals surface area contributed by atoms with Crippen molar-refractivity contribution in [1.29, 1.82) is 0 Å². The number of aromatic nitrogens is 3. The van der Waals surface area contributed by atoms with E-state index >= 15 is 0 Å². The van der Waals surface area contributed by atoms with E-state index in [9.17, 15) is 0 Å². The molecule has 4 nitrogen and oxygen atoms in total. The molecule has 0 spiro atoms. The number of anilines is 1. The summed E-state index contributed by atoms with van der Waals surface area (Å²) >= 11 is 0. The summed E-state index contributed by atoms with van der Waals surface area (Å²) in [6.07, 6.45) is 1.77. The molecule has 19 heavy (non-hydrogen) atoms. The first-order valence-corrected chi connectivity index (χ1v) is 6.24. The third-order valence-corrected chi connectivity index (χ3v) is 3.39. The van der Waals surface area contributed by atoms with Gasteiger partial charge in [-0.05, 0) is 49.6 Å². The summed E-state index contributed by atoms with van der Waals surface area (Å²) in [7, 11) is 0. The number of H-pyrrole nitrogens is 1. The fourth-order valence-electron chi connectivity index (χ4n) is 2.34. The molecule has 0 fully saturated rings. The number of fused-ring (bicyclic) bond motifs is 1. The van der Waals surface area contributed by atoms with Crippen LogP contribution in [-0.4, -0.2) is 15.0 Å². The van der Waals surface area contributed by atoms with Crippen molar-refractivity contribution in [2.45, 2.75) is 20.8 Å². The van der Waals surface area contributed by atoms with Gasteiger partial charge in [0.05, 0.1) is 5.52 Å². The van der Waals surface area contributed by atoms with Crippen molar-refractivity contribution in [2.24, 2.45) is 0 Å². The average molecular weight is 252 g/mol. The summed E-state index contributed by atoms with van der Waals surface area (Å²) in [6, 6.07) is 6.09. The fraction of sp³-hybridized carbons (Fsp3) is 0.200. The molecule has 4 heteroatoms. The van der Waals surface area contributed by atoms with E-state index in [2.05, 4.69) is 34.0 Å². The summed E-state index contributed by atoms with van der Waals surface area (Å²) < 4.78 is 0. The Morgan fingerprint density at radius 2 is 1.89 bits per heavy atom. The van der Waals surface area contributed by atoms with E-state index in [1.165, 1.54) is 5.56 Å². The number of aryl methyl sites for hydroxylation is 3. The van der Waals surface area contributed by atoms with E-state index in [4.69, 9.17) is 5.73 Å². The number of pyridine rings is 1. The second-order valence-electron chi connectivity index (χ2n) is 4.95. The average Bonchev–Trinajstić information content (AvgIpc) is 2.79. The Labute approximate surface area is 111 Å². The minimum atomic E-state index is 0.730. The van der Waals surface area contributed by atoms with Gasteiger partial charge in [-0.3, -0.25) is 0 Å². The fourth-order valence-corrected chi connectivity index (χ4v) is 2.34. The zero-order chi connectivity index (χ0) is 13.6. The highest BCUT2D eigenvalue weighted by molar-refractivity contribution is 5.83. The van der Waals surface area contributed by atoms with Crippen molar-refractivity contribution in [1.82, 2.24) is 15.0 Å². The third-order valence-electron chi connectivity index (χ3n) is 3.39. The predicted octanol–water partition coefficient (Wildman–Crippen LogP) is 3.13. The lowest BCUT2D eigenvalue weighted by atomic mass is 10.0. The number of hydrogen-bond donors (Lipinski definition) is 2. The van der Waals surface area contributed by atoms with Crippen LogP contribution in [0.3, 0.4) is 0 Å². The molecule has 0 amide bonds. The van der Waals surface area contributed by atoms with E-state index in [1.807, 2.05) is 19.9 Å². The Balaban J connectivity index is 2.28. The molecule has 0 aliphatic carbocycles. The zero-order valence-corrected chi connectivity index (χ0v) is 11.3. The molecule has 3 N–H and O–H groups in total. The van der Waals surface area contributed by atoms with Crippen LogP contribution in [0.5, 0.6) is 0 Å². The molecule has 0 unspecified atom stereocenters. The summed E-state index contributed by atoms with van der Waals surface area (Å²) in [5.74, 6) is 0.779. The molecular formula is C15H16N4. The maximum atomic E-state index is 6.16. The number of rotatable bonds is 1. The molecular weight excluding hydrogens is 236 g/mol. The second kappa shape index (κ2) is 4.09. The van der Waals surface area contributed by atoms with Crippen molar-refractivity contribution in [2.75, 3.05) is 5.73 Å². The van der Waals surface area contributed by atoms with Crippen LogP contribution in [-0.2, 0) is 0 Å². The Kier molecular flexibility index (Phi) is 2.52. The first-order chi connectivity index (χ1) is 9.06. The standard InChI is InChI=1S/C15H16N4/c1-8-6-10(3)12(16)11(7-8)14-18-13-9(2)4-5-17-15(13)19-14/h4-7H,16H2,1-3H3,(H,17,18,19). The monoisotopic (exact) mass is 252 g/mol. The zero-order valence-electron chi connectivity index (χ0n) is 11.3. The van der Waals surface area contributed by atoms with Gasteiger partial charge in [0.2, 0.25) is 0 Å². The Morgan fingerprint density at radius 3 is 2.63 bits per heavy atom. The molecule has 3 aromatic rings. The smallest absolute Gasteiger partial charge is 0.178 e. The molecule has 0 aliphatic heterocycles. The summed E-state index contributed by atoms with van der Waals surface area (Å²) in [4.78, 5) is 12.1. The van der Waals surface area contributed by atoms with E-state index in [1.54, 1.807) is 6.20 Å². The Morgan fingerprint density at radius 1 is 1.11 bits per heavy atom. The number of nitrogen functional groups attached to an aromatic ring is 1. The van der Waals surface area contributed by atoms with Crippen LogP contribution >= 0.6 is 0 Å². The van der Waals surface area contributed by atoms with Crippen LogP contribution in [0, 0.1) is 20.8 Å². The van der Waals surface area contributed by atoms with Gasteiger partial charge in [-0.15, -0.1) is 0 Å². The van der Waals surface area contributed by atoms with Crippen LogP contribution in [0.2, 0.25) is 0 Å². The topological polar surface area (TPSA) is 67.6 Å². The highest BCUT2D eigenvalue weighted by Gasteiger charge is 2.12. The van der Waals surface area contributed by atoms with E-state index in [-0.39, 0.29) is 0 Å². The lowest BCUT2D eigenvalue weighted by Crippen LogP contribution is -1.96. The Hall–Kier alpha value is -2.36. The molecule has 0 saturated heterocycles. The van der Waals surface area contributed by atoms with E-state index in [0.29, 0.717) is 0 Å². The highest BCUT2D eigenvalue weighted by atomic mass is 15.0. The molecule has 3 rings (SSSR count). The number of hydrogen-bond acceptors (Lipinski definition) is 3. The minimum absolute atomic E-state index is 0.730. The number of nitrogens with two attached hydrogens (primary N) is 1. The van der Waals surface area contributed by atoms with Gasteiger partial charge >= 0.3 is 0 Å². The van der Waals surface area contributed by atoms with Gasteiger partial charge in [-0.25, -0.2) is 9.97 Å². The van der Waals surface area contributed by atoms with Crippen LogP contribution in [0.25, 0.3) is 22.6 Å². The second-order valence-corrected chi connectivity index (χ2v) is 4.95. The molecule has 0 saturated carbocycles. The van der Waals surface area contributed by atoms with Crippen molar-refractivity contribution >= 4 is 16.9 Å². The predicted molar refractivity (Wildman–Crippen MR) is 77.9 cm³/mol. The number of imidazole rings is 1. The summed E-state index contributed by atoms with van der Waals surface area (Å²) in [6.45, 7) is 6.11. The number of benzene rings is 1. The molecule has 2 heterocycles. The summed E-state index contributed by atoms with van der Waals surface area (Å²) in [5, 5.41) is 0. The van der Waals surface area contributed by atoms with E-state index < -0.39 is 0 Å². The van der Waals surface area contributed by atoms with Crippen LogP contribution in [0.1, 0.15) is 16.7 Å². The Bertz CT molecular complexity index is 771. The van der Waals surface area contributed by atoms with Gasteiger partial charge in [0.1, 0.15) is 5.82 Å². The minimum Gasteiger partial charge on any atom is -0.398 e. The molecule has 0 atom stereocenters. The van der Waals surface area contributed by atoms with Gasteiger partial charge in [0.15, 0.2) is 5.65 Å². The van der Waals surface area contributed by atoms with Gasteiger partial charge in [-0.2, -0.15) is 0 Å². The van der Waals surface area contributed by atoms with Gasteiger partial charge < -0.3 is 10.7 Å². The normalized spacial score (nSPS) is 11.1. The van der Waals surface area contributed by atoms with Gasteiger partial charge in [0.25, 0.3) is 0 Å². The third kappa shape index (κ3) is 1.85. The van der Waals surface area contributed by atoms with Crippen LogP contribution < -0.4 is 5.73 Å². The van der Waals surface area contributed by atoms with Crippen molar-refractivity contribution in [3.8, 4) is 11.4 Å². The van der Waals surface area contributed by atoms with Crippen molar-refractivity contribution in [3.63, 3.8) is 0 Å². The summed E-state index contributed by atoms with van der Waals surface area (Å²) in [5.41, 5.74) is 12.9. The maximum Gasteiger partial charge on any atom is 0.178 e. The molecule has 0 bridgehead atoms. The molecule has 0 radical (unpaired) electrons. The first-order valence-electron chi connectivity index (χ1n) is 6.24. The largest absolute Gasteiger partial charge is 0.398 e. The number of aromatic amines is 1. The van der Waals surface area contributed by atoms with Crippen molar-refractivity contribution in [3.05, 3.63) is 41.1 Å². The molecule has 2 aromatic heterocycles. The number of nitrogens with one attached hydrogen (secondary N) is 1. The first kappa shape index (κ1) is 11.7. The lowest BCUT2D eigenvalue weighted by molar-refractivity contribution is 1.28. The molecule has 0 aliphatic rings.